The van der Waals surface area contributed by atoms with Gasteiger partial charge in [0.2, 0.25) is 10.0 Å². The van der Waals surface area contributed by atoms with E-state index in [1.54, 1.807) is 18.3 Å². The Balaban J connectivity index is 1.89. The third-order valence-electron chi connectivity index (χ3n) is 4.03. The first-order chi connectivity index (χ1) is 10.3. The summed E-state index contributed by atoms with van der Waals surface area (Å²) in [5, 5.41) is 10.2. The fourth-order valence-electron chi connectivity index (χ4n) is 2.62. The normalized spacial score (nSPS) is 19.8. The maximum Gasteiger partial charge on any atom is 0.266 e. The van der Waals surface area contributed by atoms with Gasteiger partial charge in [0.05, 0.1) is 0 Å². The van der Waals surface area contributed by atoms with Crippen LogP contribution in [0.25, 0.3) is 11.0 Å². The standard InChI is InChI=1S/C13H15F2N3O3S/c14-12(15)13(19)3-6-18(7-4-13)22(20,21)10-8-17-11-9(10)2-1-5-16-11/h1-2,5,8,12,19H,3-4,6-7H2,(H,16,17). The molecule has 0 radical (unpaired) electrons. The van der Waals surface area contributed by atoms with Gasteiger partial charge in [0.1, 0.15) is 16.1 Å². The van der Waals surface area contributed by atoms with Crippen molar-refractivity contribution < 1.29 is 22.3 Å². The molecule has 22 heavy (non-hydrogen) atoms. The fourth-order valence-corrected chi connectivity index (χ4v) is 4.21. The molecule has 9 heteroatoms. The molecule has 0 aliphatic carbocycles. The molecule has 6 nitrogen and oxygen atoms in total. The summed E-state index contributed by atoms with van der Waals surface area (Å²) in [6.45, 7) is -0.285. The second-order valence-corrected chi connectivity index (χ2v) is 7.27. The fraction of sp³-hybridized carbons (Fsp3) is 0.462. The van der Waals surface area contributed by atoms with Gasteiger partial charge >= 0.3 is 0 Å². The molecule has 1 aliphatic heterocycles. The molecule has 2 aromatic rings. The van der Waals surface area contributed by atoms with E-state index in [9.17, 15) is 22.3 Å². The SMILES string of the molecule is O=S(=O)(c1c[nH]c2ncccc12)N1CCC(O)(C(F)F)CC1. The average molecular weight is 331 g/mol. The number of sulfonamides is 1. The first kappa shape index (κ1) is 15.3. The molecule has 2 N–H and O–H groups in total. The molecule has 0 aromatic carbocycles. The molecule has 3 rings (SSSR count). The van der Waals surface area contributed by atoms with E-state index >= 15 is 0 Å². The van der Waals surface area contributed by atoms with Crippen LogP contribution in [0.1, 0.15) is 12.8 Å². The zero-order valence-electron chi connectivity index (χ0n) is 11.5. The number of nitrogens with one attached hydrogen (secondary N) is 1. The van der Waals surface area contributed by atoms with Crippen molar-refractivity contribution in [2.45, 2.75) is 29.8 Å². The number of aromatic amines is 1. The molecule has 0 atom stereocenters. The summed E-state index contributed by atoms with van der Waals surface area (Å²) in [6, 6.07) is 3.26. The molecule has 0 bridgehead atoms. The van der Waals surface area contributed by atoms with Gasteiger partial charge in [-0.3, -0.25) is 0 Å². The van der Waals surface area contributed by atoms with E-state index in [-0.39, 0.29) is 30.8 Å². The van der Waals surface area contributed by atoms with Crippen LogP contribution < -0.4 is 0 Å². The lowest BCUT2D eigenvalue weighted by atomic mass is 9.93. The number of H-pyrrole nitrogens is 1. The van der Waals surface area contributed by atoms with E-state index in [4.69, 9.17) is 0 Å². The van der Waals surface area contributed by atoms with Crippen LogP contribution in [0.4, 0.5) is 8.78 Å². The highest BCUT2D eigenvalue weighted by atomic mass is 32.2. The number of piperidine rings is 1. The molecule has 1 aliphatic rings. The Morgan fingerprint density at radius 3 is 2.68 bits per heavy atom. The number of hydrogen-bond acceptors (Lipinski definition) is 4. The van der Waals surface area contributed by atoms with Gasteiger partial charge in [-0.05, 0) is 25.0 Å². The Kier molecular flexibility index (Phi) is 3.66. The van der Waals surface area contributed by atoms with E-state index in [2.05, 4.69) is 9.97 Å². The van der Waals surface area contributed by atoms with Crippen LogP contribution in [-0.4, -0.2) is 52.9 Å². The lowest BCUT2D eigenvalue weighted by Crippen LogP contribution is -2.50. The van der Waals surface area contributed by atoms with E-state index in [1.807, 2.05) is 0 Å². The number of rotatable bonds is 3. The van der Waals surface area contributed by atoms with Crippen molar-refractivity contribution in [1.29, 1.82) is 0 Å². The number of nitrogens with zero attached hydrogens (tertiary/aromatic N) is 2. The smallest absolute Gasteiger partial charge is 0.266 e. The van der Waals surface area contributed by atoms with E-state index < -0.39 is 22.0 Å². The summed E-state index contributed by atoms with van der Waals surface area (Å²) in [5.41, 5.74) is -1.66. The van der Waals surface area contributed by atoms with Crippen molar-refractivity contribution in [2.75, 3.05) is 13.1 Å². The second-order valence-electron chi connectivity index (χ2n) is 5.36. The van der Waals surface area contributed by atoms with Crippen LogP contribution in [0.15, 0.2) is 29.4 Å². The van der Waals surface area contributed by atoms with Gasteiger partial charge in [-0.2, -0.15) is 4.31 Å². The lowest BCUT2D eigenvalue weighted by molar-refractivity contribution is -0.119. The maximum absolute atomic E-state index is 12.8. The summed E-state index contributed by atoms with van der Waals surface area (Å²) >= 11 is 0. The highest BCUT2D eigenvalue weighted by Crippen LogP contribution is 2.32. The van der Waals surface area contributed by atoms with Crippen molar-refractivity contribution in [3.8, 4) is 0 Å². The van der Waals surface area contributed by atoms with E-state index in [1.165, 1.54) is 6.20 Å². The second kappa shape index (κ2) is 5.25. The van der Waals surface area contributed by atoms with Crippen LogP contribution >= 0.6 is 0 Å². The first-order valence-corrected chi connectivity index (χ1v) is 8.21. The average Bonchev–Trinajstić information content (AvgIpc) is 2.92. The van der Waals surface area contributed by atoms with Gasteiger partial charge in [-0.1, -0.05) is 0 Å². The molecule has 3 heterocycles. The third-order valence-corrected chi connectivity index (χ3v) is 5.96. The Morgan fingerprint density at radius 1 is 1.36 bits per heavy atom. The molecule has 0 unspecified atom stereocenters. The van der Waals surface area contributed by atoms with Gasteiger partial charge in [0, 0.05) is 30.9 Å². The molecule has 2 aromatic heterocycles. The minimum atomic E-state index is -3.82. The van der Waals surface area contributed by atoms with Crippen LogP contribution in [0.2, 0.25) is 0 Å². The highest BCUT2D eigenvalue weighted by molar-refractivity contribution is 7.89. The maximum atomic E-state index is 12.8. The van der Waals surface area contributed by atoms with Gasteiger partial charge in [0.15, 0.2) is 0 Å². The minimum absolute atomic E-state index is 0.0677. The van der Waals surface area contributed by atoms with Gasteiger partial charge in [-0.15, -0.1) is 0 Å². The Hall–Kier alpha value is -1.58. The zero-order chi connectivity index (χ0) is 16.0. The Bertz CT molecular complexity index is 783. The number of hydrogen-bond donors (Lipinski definition) is 2. The number of aliphatic hydroxyl groups is 1. The predicted molar refractivity (Wildman–Crippen MR) is 75.0 cm³/mol. The van der Waals surface area contributed by atoms with Gasteiger partial charge in [-0.25, -0.2) is 22.2 Å². The van der Waals surface area contributed by atoms with E-state index in [0.29, 0.717) is 11.0 Å². The van der Waals surface area contributed by atoms with Crippen molar-refractivity contribution in [2.24, 2.45) is 0 Å². The summed E-state index contributed by atoms with van der Waals surface area (Å²) in [7, 11) is -3.82. The summed E-state index contributed by atoms with van der Waals surface area (Å²) < 4.78 is 52.0. The number of fused-ring (bicyclic) bond motifs is 1. The van der Waals surface area contributed by atoms with Gasteiger partial charge in [0.25, 0.3) is 6.43 Å². The first-order valence-electron chi connectivity index (χ1n) is 6.77. The highest BCUT2D eigenvalue weighted by Gasteiger charge is 2.43. The Morgan fingerprint density at radius 2 is 2.05 bits per heavy atom. The molecular formula is C13H15F2N3O3S. The molecular weight excluding hydrogens is 316 g/mol. The number of aromatic nitrogens is 2. The monoisotopic (exact) mass is 331 g/mol. The molecule has 0 amide bonds. The summed E-state index contributed by atoms with van der Waals surface area (Å²) in [6.07, 6.45) is -0.566. The molecule has 1 fully saturated rings. The minimum Gasteiger partial charge on any atom is -0.384 e. The van der Waals surface area contributed by atoms with Crippen LogP contribution in [0.3, 0.4) is 0 Å². The van der Waals surface area contributed by atoms with Crippen molar-refractivity contribution in [3.63, 3.8) is 0 Å². The van der Waals surface area contributed by atoms with Crippen LogP contribution in [0.5, 0.6) is 0 Å². The molecule has 1 saturated heterocycles. The molecule has 0 spiro atoms. The van der Waals surface area contributed by atoms with E-state index in [0.717, 1.165) is 4.31 Å². The topological polar surface area (TPSA) is 86.3 Å². The van der Waals surface area contributed by atoms with Crippen molar-refractivity contribution >= 4 is 21.1 Å². The summed E-state index contributed by atoms with van der Waals surface area (Å²) in [4.78, 5) is 6.88. The summed E-state index contributed by atoms with van der Waals surface area (Å²) in [5.74, 6) is 0. The largest absolute Gasteiger partial charge is 0.384 e. The van der Waals surface area contributed by atoms with Gasteiger partial charge < -0.3 is 10.1 Å². The van der Waals surface area contributed by atoms with Crippen LogP contribution in [0, 0.1) is 0 Å². The quantitative estimate of drug-likeness (QED) is 0.889. The third kappa shape index (κ3) is 2.38. The number of alkyl halides is 2. The zero-order valence-corrected chi connectivity index (χ0v) is 12.4. The lowest BCUT2D eigenvalue weighted by Gasteiger charge is -2.36. The van der Waals surface area contributed by atoms with Crippen LogP contribution in [-0.2, 0) is 10.0 Å². The Labute approximate surface area is 125 Å². The molecule has 0 saturated carbocycles. The van der Waals surface area contributed by atoms with Crippen molar-refractivity contribution in [3.05, 3.63) is 24.5 Å². The number of pyridine rings is 1. The number of halogens is 2. The van der Waals surface area contributed by atoms with Crippen molar-refractivity contribution in [1.82, 2.24) is 14.3 Å². The molecule has 120 valence electrons. The predicted octanol–water partition coefficient (Wildman–Crippen LogP) is 1.34.